The van der Waals surface area contributed by atoms with Gasteiger partial charge in [0.05, 0.1) is 13.7 Å². The predicted molar refractivity (Wildman–Crippen MR) is 183 cm³/mol. The van der Waals surface area contributed by atoms with Crippen molar-refractivity contribution < 1.29 is 28.6 Å². The molecule has 3 N–H and O–H groups in total. The third-order valence-corrected chi connectivity index (χ3v) is 8.42. The maximum atomic E-state index is 13.1. The molecule has 0 aliphatic carbocycles. The van der Waals surface area contributed by atoms with Crippen LogP contribution in [0.1, 0.15) is 71.8 Å². The average molecular weight is 657 g/mol. The van der Waals surface area contributed by atoms with E-state index in [1.807, 2.05) is 58.0 Å². The molecule has 0 radical (unpaired) electrons. The molecule has 4 aromatic rings. The van der Waals surface area contributed by atoms with E-state index in [1.54, 1.807) is 23.5 Å². The summed E-state index contributed by atoms with van der Waals surface area (Å²) in [5.74, 6) is -0.283. The largest absolute Gasteiger partial charge is 0.493 e. The van der Waals surface area contributed by atoms with Crippen molar-refractivity contribution in [3.8, 4) is 27.3 Å². The van der Waals surface area contributed by atoms with Gasteiger partial charge in [-0.15, -0.1) is 11.3 Å². The monoisotopic (exact) mass is 656 g/mol. The molecule has 2 amide bonds. The zero-order chi connectivity index (χ0) is 33.6. The number of pyridine rings is 1. The third-order valence-electron chi connectivity index (χ3n) is 7.43. The summed E-state index contributed by atoms with van der Waals surface area (Å²) in [4.78, 5) is 43.5. The van der Waals surface area contributed by atoms with Crippen LogP contribution in [0.25, 0.3) is 21.6 Å². The van der Waals surface area contributed by atoms with Crippen LogP contribution >= 0.6 is 11.3 Å². The number of nitrogens with one attached hydrogen (secondary N) is 3. The molecule has 0 fully saturated rings. The quantitative estimate of drug-likeness (QED) is 0.156. The number of carbonyl (C=O) groups excluding carboxylic acids is 3. The number of hydrogen-bond donors (Lipinski definition) is 3. The Morgan fingerprint density at radius 3 is 2.47 bits per heavy atom. The predicted octanol–water partition coefficient (Wildman–Crippen LogP) is 6.98. The molecule has 0 spiro atoms. The van der Waals surface area contributed by atoms with Crippen molar-refractivity contribution in [2.45, 2.75) is 59.2 Å². The van der Waals surface area contributed by atoms with Crippen LogP contribution in [0.2, 0.25) is 0 Å². The lowest BCUT2D eigenvalue weighted by molar-refractivity contribution is 0.0522. The Kier molecular flexibility index (Phi) is 10.5. The molecule has 47 heavy (non-hydrogen) atoms. The zero-order valence-corrected chi connectivity index (χ0v) is 28.1. The van der Waals surface area contributed by atoms with Gasteiger partial charge in [-0.2, -0.15) is 0 Å². The van der Waals surface area contributed by atoms with Crippen molar-refractivity contribution in [1.82, 2.24) is 15.6 Å². The highest BCUT2D eigenvalue weighted by atomic mass is 32.1. The minimum atomic E-state index is -0.643. The molecule has 5 rings (SSSR count). The Bertz CT molecular complexity index is 1760. The van der Waals surface area contributed by atoms with Crippen molar-refractivity contribution in [2.75, 3.05) is 25.6 Å². The van der Waals surface area contributed by atoms with Crippen LogP contribution in [-0.4, -0.2) is 48.8 Å². The Morgan fingerprint density at radius 2 is 1.74 bits per heavy atom. The molecule has 11 heteroatoms. The summed E-state index contributed by atoms with van der Waals surface area (Å²) >= 11 is 1.67. The van der Waals surface area contributed by atoms with E-state index in [4.69, 9.17) is 14.2 Å². The van der Waals surface area contributed by atoms with Gasteiger partial charge in [-0.1, -0.05) is 19.1 Å². The second kappa shape index (κ2) is 14.7. The van der Waals surface area contributed by atoms with E-state index in [9.17, 15) is 14.4 Å². The lowest BCUT2D eigenvalue weighted by atomic mass is 9.94. The highest BCUT2D eigenvalue weighted by Crippen LogP contribution is 2.43. The molecular weight excluding hydrogens is 616 g/mol. The Labute approximate surface area is 278 Å². The smallest absolute Gasteiger partial charge is 0.407 e. The van der Waals surface area contributed by atoms with Crippen LogP contribution in [0.15, 0.2) is 60.0 Å². The number of benzene rings is 2. The molecule has 2 aromatic heterocycles. The standard InChI is InChI=1S/C36H40N4O6S/c1-6-15-37-33(41)29-12-11-26(31(40-29)34(42)44-5)27-19-30-28(32-23(13-16-45-30)14-17-47-32)18-24(27)21-38-25-9-7-22(8-10-25)20-39-35(43)46-36(2,3)4/h7-12,14,17-19,38H,6,13,15-16,20-21H2,1-5H3,(H,37,41)(H,39,43). The van der Waals surface area contributed by atoms with Gasteiger partial charge in [-0.3, -0.25) is 4.79 Å². The first-order chi connectivity index (χ1) is 22.6. The van der Waals surface area contributed by atoms with Gasteiger partial charge in [0.25, 0.3) is 5.91 Å². The molecule has 0 bridgehead atoms. The topological polar surface area (TPSA) is 128 Å². The van der Waals surface area contributed by atoms with Crippen molar-refractivity contribution in [3.05, 3.63) is 88.1 Å². The lowest BCUT2D eigenvalue weighted by Gasteiger charge is -2.19. The van der Waals surface area contributed by atoms with Gasteiger partial charge in [0.1, 0.15) is 17.0 Å². The van der Waals surface area contributed by atoms with E-state index in [-0.39, 0.29) is 17.3 Å². The second-order valence-electron chi connectivity index (χ2n) is 12.1. The maximum Gasteiger partial charge on any atom is 0.407 e. The molecule has 0 saturated carbocycles. The SMILES string of the molecule is CCCNC(=O)c1ccc(-c2cc3c(cc2CNc2ccc(CNC(=O)OC(C)(C)C)cc2)-c2sccc2CCO3)c(C(=O)OC)n1. The van der Waals surface area contributed by atoms with E-state index < -0.39 is 17.7 Å². The first-order valence-corrected chi connectivity index (χ1v) is 16.5. The van der Waals surface area contributed by atoms with E-state index in [0.717, 1.165) is 45.7 Å². The molecule has 1 aliphatic rings. The van der Waals surface area contributed by atoms with Crippen LogP contribution < -0.4 is 20.7 Å². The number of aromatic nitrogens is 1. The number of amides is 2. The van der Waals surface area contributed by atoms with Crippen LogP contribution in [-0.2, 0) is 29.0 Å². The molecular formula is C36H40N4O6S. The summed E-state index contributed by atoms with van der Waals surface area (Å²) in [6.07, 6.45) is 1.10. The number of fused-ring (bicyclic) bond motifs is 3. The number of carbonyl (C=O) groups is 3. The van der Waals surface area contributed by atoms with Gasteiger partial charge in [0.2, 0.25) is 0 Å². The number of ether oxygens (including phenoxy) is 3. The normalized spacial score (nSPS) is 12.1. The van der Waals surface area contributed by atoms with Crippen LogP contribution in [0.4, 0.5) is 10.5 Å². The highest BCUT2D eigenvalue weighted by Gasteiger charge is 2.25. The average Bonchev–Trinajstić information content (AvgIpc) is 3.45. The number of thiophene rings is 1. The Balaban J connectivity index is 1.47. The summed E-state index contributed by atoms with van der Waals surface area (Å²) in [5, 5.41) is 11.2. The van der Waals surface area contributed by atoms with Crippen molar-refractivity contribution in [2.24, 2.45) is 0 Å². The summed E-state index contributed by atoms with van der Waals surface area (Å²) < 4.78 is 16.7. The van der Waals surface area contributed by atoms with Gasteiger partial charge >= 0.3 is 12.1 Å². The van der Waals surface area contributed by atoms with Gasteiger partial charge in [-0.25, -0.2) is 14.6 Å². The number of rotatable bonds is 10. The number of hydrogen-bond acceptors (Lipinski definition) is 9. The summed E-state index contributed by atoms with van der Waals surface area (Å²) in [6, 6.07) is 17.3. The van der Waals surface area contributed by atoms with Gasteiger partial charge in [-0.05, 0) is 97.3 Å². The molecule has 1 aliphatic heterocycles. The zero-order valence-electron chi connectivity index (χ0n) is 27.3. The fraction of sp³-hybridized carbons (Fsp3) is 0.333. The minimum Gasteiger partial charge on any atom is -0.493 e. The van der Waals surface area contributed by atoms with Gasteiger partial charge in [0.15, 0.2) is 5.69 Å². The first kappa shape index (κ1) is 33.5. The van der Waals surface area contributed by atoms with Gasteiger partial charge < -0.3 is 30.2 Å². The molecule has 0 unspecified atom stereocenters. The van der Waals surface area contributed by atoms with Crippen molar-refractivity contribution in [1.29, 1.82) is 0 Å². The lowest BCUT2D eigenvalue weighted by Crippen LogP contribution is -2.32. The Morgan fingerprint density at radius 1 is 0.957 bits per heavy atom. The molecule has 2 aromatic carbocycles. The van der Waals surface area contributed by atoms with Crippen LogP contribution in [0.3, 0.4) is 0 Å². The van der Waals surface area contributed by atoms with Crippen LogP contribution in [0, 0.1) is 0 Å². The number of nitrogens with zero attached hydrogens (tertiary/aromatic N) is 1. The Hall–Kier alpha value is -4.90. The van der Waals surface area contributed by atoms with Crippen molar-refractivity contribution in [3.63, 3.8) is 0 Å². The number of alkyl carbamates (subject to hydrolysis) is 1. The summed E-state index contributed by atoms with van der Waals surface area (Å²) in [6.45, 7) is 9.21. The summed E-state index contributed by atoms with van der Waals surface area (Å²) in [5.41, 5.74) is 5.80. The highest BCUT2D eigenvalue weighted by molar-refractivity contribution is 7.13. The molecule has 246 valence electrons. The van der Waals surface area contributed by atoms with Crippen LogP contribution in [0.5, 0.6) is 5.75 Å². The second-order valence-corrected chi connectivity index (χ2v) is 13.0. The summed E-state index contributed by atoms with van der Waals surface area (Å²) in [7, 11) is 1.30. The van der Waals surface area contributed by atoms with Gasteiger partial charge in [0, 0.05) is 47.7 Å². The fourth-order valence-electron chi connectivity index (χ4n) is 5.17. The molecule has 3 heterocycles. The maximum absolute atomic E-state index is 13.1. The number of esters is 1. The van der Waals surface area contributed by atoms with E-state index >= 15 is 0 Å². The fourth-order valence-corrected chi connectivity index (χ4v) is 6.15. The molecule has 0 atom stereocenters. The minimum absolute atomic E-state index is 0.0464. The molecule has 10 nitrogen and oxygen atoms in total. The van der Waals surface area contributed by atoms with E-state index in [0.29, 0.717) is 37.6 Å². The molecule has 0 saturated heterocycles. The van der Waals surface area contributed by atoms with E-state index in [2.05, 4.69) is 38.4 Å². The van der Waals surface area contributed by atoms with Crippen molar-refractivity contribution >= 4 is 35.0 Å². The van der Waals surface area contributed by atoms with E-state index in [1.165, 1.54) is 12.7 Å². The number of methoxy groups -OCH3 is 1. The first-order valence-electron chi connectivity index (χ1n) is 15.6. The third kappa shape index (κ3) is 8.28. The number of anilines is 1.